The SMILES string of the molecule is C[C@]1(COc2ccc(-c3nc(-c4ccc(Cl)cc4)co3)cc2)Cn2cc([N+](=O)[O-])nc2O1. The molecular weight excluding hydrogens is 436 g/mol. The zero-order chi connectivity index (χ0) is 22.3. The molecule has 1 aliphatic heterocycles. The van der Waals surface area contributed by atoms with Gasteiger partial charge in [-0.1, -0.05) is 23.7 Å². The van der Waals surface area contributed by atoms with Gasteiger partial charge in [-0.3, -0.25) is 4.57 Å². The van der Waals surface area contributed by atoms with Crippen LogP contribution in [-0.2, 0) is 6.54 Å². The highest BCUT2D eigenvalue weighted by atomic mass is 35.5. The lowest BCUT2D eigenvalue weighted by molar-refractivity contribution is -0.389. The molecule has 3 heterocycles. The van der Waals surface area contributed by atoms with Crippen molar-refractivity contribution in [2.75, 3.05) is 6.61 Å². The van der Waals surface area contributed by atoms with Crippen LogP contribution >= 0.6 is 11.6 Å². The number of halogens is 1. The average molecular weight is 453 g/mol. The summed E-state index contributed by atoms with van der Waals surface area (Å²) in [7, 11) is 0. The predicted octanol–water partition coefficient (Wildman–Crippen LogP) is 5.00. The van der Waals surface area contributed by atoms with Crippen LogP contribution in [0.1, 0.15) is 6.92 Å². The number of ether oxygens (including phenoxy) is 2. The highest BCUT2D eigenvalue weighted by Crippen LogP contribution is 2.32. The van der Waals surface area contributed by atoms with Gasteiger partial charge in [0.2, 0.25) is 5.89 Å². The maximum atomic E-state index is 10.8. The molecule has 0 N–H and O–H groups in total. The maximum Gasteiger partial charge on any atom is 0.415 e. The van der Waals surface area contributed by atoms with Gasteiger partial charge in [0.05, 0.1) is 6.54 Å². The van der Waals surface area contributed by atoms with Gasteiger partial charge in [0.1, 0.15) is 30.5 Å². The topological polar surface area (TPSA) is 105 Å². The number of nitrogens with zero attached hydrogens (tertiary/aromatic N) is 4. The predicted molar refractivity (Wildman–Crippen MR) is 116 cm³/mol. The molecule has 0 radical (unpaired) electrons. The van der Waals surface area contributed by atoms with Crippen LogP contribution in [0.25, 0.3) is 22.7 Å². The summed E-state index contributed by atoms with van der Waals surface area (Å²) in [5.41, 5.74) is 1.78. The van der Waals surface area contributed by atoms with E-state index >= 15 is 0 Å². The van der Waals surface area contributed by atoms with Gasteiger partial charge in [-0.15, -0.1) is 0 Å². The number of fused-ring (bicyclic) bond motifs is 1. The third-order valence-corrected chi connectivity index (χ3v) is 5.30. The Bertz CT molecular complexity index is 1260. The number of imidazole rings is 1. The molecule has 2 aromatic carbocycles. The molecule has 4 aromatic rings. The molecule has 0 amide bonds. The summed E-state index contributed by atoms with van der Waals surface area (Å²) in [4.78, 5) is 18.7. The number of oxazole rings is 1. The van der Waals surface area contributed by atoms with Crippen molar-refractivity contribution in [1.29, 1.82) is 0 Å². The van der Waals surface area contributed by atoms with Gasteiger partial charge in [-0.25, -0.2) is 4.98 Å². The van der Waals surface area contributed by atoms with Crippen LogP contribution in [0.15, 0.2) is 65.4 Å². The quantitative estimate of drug-likeness (QED) is 0.299. The van der Waals surface area contributed by atoms with E-state index in [-0.39, 0.29) is 18.4 Å². The summed E-state index contributed by atoms with van der Waals surface area (Å²) in [6, 6.07) is 15.0. The van der Waals surface area contributed by atoms with Crippen LogP contribution in [0.5, 0.6) is 11.8 Å². The molecule has 0 unspecified atom stereocenters. The van der Waals surface area contributed by atoms with Crippen molar-refractivity contribution in [2.45, 2.75) is 19.1 Å². The first-order valence-electron chi connectivity index (χ1n) is 9.74. The molecule has 0 aliphatic carbocycles. The Kier molecular flexibility index (Phi) is 4.82. The van der Waals surface area contributed by atoms with Gasteiger partial charge < -0.3 is 24.0 Å². The average Bonchev–Trinajstić information content (AvgIpc) is 3.47. The Labute approximate surface area is 187 Å². The monoisotopic (exact) mass is 452 g/mol. The van der Waals surface area contributed by atoms with Crippen molar-refractivity contribution in [2.24, 2.45) is 0 Å². The van der Waals surface area contributed by atoms with E-state index in [4.69, 9.17) is 25.5 Å². The van der Waals surface area contributed by atoms with Crippen molar-refractivity contribution in [1.82, 2.24) is 14.5 Å². The van der Waals surface area contributed by atoms with Gasteiger partial charge in [0.15, 0.2) is 5.60 Å². The fourth-order valence-corrected chi connectivity index (χ4v) is 3.57. The van der Waals surface area contributed by atoms with Gasteiger partial charge in [-0.05, 0) is 48.2 Å². The second-order valence-electron chi connectivity index (χ2n) is 7.68. The number of rotatable bonds is 6. The fourth-order valence-electron chi connectivity index (χ4n) is 3.45. The van der Waals surface area contributed by atoms with Crippen LogP contribution in [-0.4, -0.2) is 31.7 Å². The van der Waals surface area contributed by atoms with E-state index in [1.807, 2.05) is 43.3 Å². The van der Waals surface area contributed by atoms with Crippen LogP contribution in [0.3, 0.4) is 0 Å². The molecule has 5 rings (SSSR count). The Morgan fingerprint density at radius 2 is 1.88 bits per heavy atom. The molecule has 0 bridgehead atoms. The number of hydrogen-bond acceptors (Lipinski definition) is 7. The standard InChI is InChI=1S/C22H17ClN4O5/c1-22(12-26-10-19(27(28)29)25-21(26)32-22)13-31-17-8-4-15(5-9-17)20-24-18(11-30-20)14-2-6-16(23)7-3-14/h2-11H,12-13H2,1H3/t22-/m1/s1. The zero-order valence-electron chi connectivity index (χ0n) is 16.9. The minimum Gasteiger partial charge on any atom is -0.489 e. The number of benzene rings is 2. The number of nitro groups is 1. The molecule has 0 saturated carbocycles. The lowest BCUT2D eigenvalue weighted by Gasteiger charge is -2.22. The van der Waals surface area contributed by atoms with Crippen molar-refractivity contribution >= 4 is 17.4 Å². The summed E-state index contributed by atoms with van der Waals surface area (Å²) >= 11 is 5.93. The minimum absolute atomic E-state index is 0.221. The molecule has 10 heteroatoms. The van der Waals surface area contributed by atoms with Crippen LogP contribution in [0.4, 0.5) is 5.82 Å². The van der Waals surface area contributed by atoms with Gasteiger partial charge >= 0.3 is 11.8 Å². The molecule has 0 fully saturated rings. The Balaban J connectivity index is 1.22. The van der Waals surface area contributed by atoms with Crippen molar-refractivity contribution in [3.05, 3.63) is 76.1 Å². The number of hydrogen-bond donors (Lipinski definition) is 0. The molecule has 0 saturated heterocycles. The molecule has 1 aliphatic rings. The van der Waals surface area contributed by atoms with Gasteiger partial charge in [-0.2, -0.15) is 0 Å². The summed E-state index contributed by atoms with van der Waals surface area (Å²) in [6.07, 6.45) is 2.97. The largest absolute Gasteiger partial charge is 0.489 e. The second kappa shape index (κ2) is 7.69. The highest BCUT2D eigenvalue weighted by Gasteiger charge is 2.41. The van der Waals surface area contributed by atoms with E-state index in [9.17, 15) is 10.1 Å². The van der Waals surface area contributed by atoms with Crippen LogP contribution < -0.4 is 9.47 Å². The summed E-state index contributed by atoms with van der Waals surface area (Å²) < 4.78 is 18.9. The van der Waals surface area contributed by atoms with Crippen molar-refractivity contribution in [3.8, 4) is 34.5 Å². The van der Waals surface area contributed by atoms with E-state index in [2.05, 4.69) is 9.97 Å². The smallest absolute Gasteiger partial charge is 0.415 e. The lowest BCUT2D eigenvalue weighted by atomic mass is 10.1. The number of aromatic nitrogens is 3. The van der Waals surface area contributed by atoms with E-state index in [0.29, 0.717) is 23.2 Å². The first-order valence-corrected chi connectivity index (χ1v) is 10.1. The third kappa shape index (κ3) is 3.90. The molecule has 2 aromatic heterocycles. The summed E-state index contributed by atoms with van der Waals surface area (Å²) in [5.74, 6) is 0.919. The van der Waals surface area contributed by atoms with Gasteiger partial charge in [0, 0.05) is 21.1 Å². The summed E-state index contributed by atoms with van der Waals surface area (Å²) in [5, 5.41) is 11.5. The van der Waals surface area contributed by atoms with E-state index in [1.54, 1.807) is 23.0 Å². The van der Waals surface area contributed by atoms with Crippen LogP contribution in [0, 0.1) is 10.1 Å². The Morgan fingerprint density at radius 1 is 1.16 bits per heavy atom. The molecule has 0 spiro atoms. The normalized spacial score (nSPS) is 17.1. The molecule has 162 valence electrons. The van der Waals surface area contributed by atoms with Crippen LogP contribution in [0.2, 0.25) is 5.02 Å². The Morgan fingerprint density at radius 3 is 2.56 bits per heavy atom. The van der Waals surface area contributed by atoms with Crippen molar-refractivity contribution < 1.29 is 18.8 Å². The molecular formula is C22H17ClN4O5. The Hall–Kier alpha value is -3.85. The van der Waals surface area contributed by atoms with Gasteiger partial charge in [0.25, 0.3) is 0 Å². The minimum atomic E-state index is -0.674. The van der Waals surface area contributed by atoms with E-state index in [1.165, 1.54) is 6.20 Å². The van der Waals surface area contributed by atoms with E-state index in [0.717, 1.165) is 16.8 Å². The maximum absolute atomic E-state index is 10.8. The summed E-state index contributed by atoms with van der Waals surface area (Å²) in [6.45, 7) is 2.53. The van der Waals surface area contributed by atoms with E-state index < -0.39 is 10.5 Å². The first-order chi connectivity index (χ1) is 15.4. The fraction of sp³-hybridized carbons (Fsp3) is 0.182. The second-order valence-corrected chi connectivity index (χ2v) is 8.11. The zero-order valence-corrected chi connectivity index (χ0v) is 17.7. The molecule has 1 atom stereocenters. The van der Waals surface area contributed by atoms with Crippen molar-refractivity contribution in [3.63, 3.8) is 0 Å². The third-order valence-electron chi connectivity index (χ3n) is 5.05. The molecule has 9 nitrogen and oxygen atoms in total. The highest BCUT2D eigenvalue weighted by molar-refractivity contribution is 6.30. The first kappa shape index (κ1) is 20.1. The lowest BCUT2D eigenvalue weighted by Crippen LogP contribution is -2.38. The molecule has 32 heavy (non-hydrogen) atoms.